The number of rotatable bonds is 8. The molecule has 4 nitrogen and oxygen atoms in total. The van der Waals surface area contributed by atoms with Crippen molar-refractivity contribution in [2.24, 2.45) is 0 Å². The Bertz CT molecular complexity index is 418. The fourth-order valence-corrected chi connectivity index (χ4v) is 7.49. The van der Waals surface area contributed by atoms with Gasteiger partial charge in [0, 0.05) is 7.92 Å². The molecule has 0 aliphatic heterocycles. The van der Waals surface area contributed by atoms with Gasteiger partial charge in [-0.05, 0) is 34.5 Å². The van der Waals surface area contributed by atoms with Crippen molar-refractivity contribution in [2.45, 2.75) is 131 Å². The molecule has 0 unspecified atom stereocenters. The third-order valence-corrected chi connectivity index (χ3v) is 7.78. The van der Waals surface area contributed by atoms with Gasteiger partial charge in [0.25, 0.3) is 0 Å². The molecule has 0 heterocycles. The van der Waals surface area contributed by atoms with Crippen LogP contribution in [-0.4, -0.2) is 57.0 Å². The molecule has 160 valence electrons. The highest BCUT2D eigenvalue weighted by Gasteiger charge is 2.47. The molecule has 0 spiro atoms. The summed E-state index contributed by atoms with van der Waals surface area (Å²) < 4.78 is 6.38. The lowest BCUT2D eigenvalue weighted by atomic mass is 9.85. The highest BCUT2D eigenvalue weighted by molar-refractivity contribution is 7.77. The molecule has 0 aliphatic carbocycles. The molecule has 0 atom stereocenters. The minimum absolute atomic E-state index is 0.0346. The van der Waals surface area contributed by atoms with E-state index >= 15 is 0 Å². The van der Waals surface area contributed by atoms with Crippen LogP contribution in [-0.2, 0) is 4.65 Å². The molecule has 0 fully saturated rings. The van der Waals surface area contributed by atoms with E-state index in [1.54, 1.807) is 0 Å². The molecule has 0 bridgehead atoms. The van der Waals surface area contributed by atoms with Crippen LogP contribution in [0.2, 0.25) is 0 Å². The molecule has 0 saturated heterocycles. The molecule has 0 aromatic heterocycles. The normalized spacial score (nSPS) is 13.8. The van der Waals surface area contributed by atoms with Crippen LogP contribution >= 0.6 is 7.92 Å². The van der Waals surface area contributed by atoms with E-state index in [0.717, 1.165) is 0 Å². The Balaban J connectivity index is 6.13. The first-order valence-electron chi connectivity index (χ1n) is 10.5. The van der Waals surface area contributed by atoms with Gasteiger partial charge in [0.1, 0.15) is 0 Å². The van der Waals surface area contributed by atoms with E-state index in [1.165, 1.54) is 0 Å². The number of carbonyl (C=O) groups excluding carboxylic acids is 1. The van der Waals surface area contributed by atoms with E-state index in [1.807, 2.05) is 0 Å². The van der Waals surface area contributed by atoms with Gasteiger partial charge in [-0.25, -0.2) is 4.79 Å². The average molecular weight is 400 g/mol. The van der Waals surface area contributed by atoms with Gasteiger partial charge in [0.05, 0.1) is 0 Å². The standard InChI is InChI=1S/C21H46BN2O2P/c1-15(2)23(16(3)4)22(24(17(5)6)18(7)8)26-19(25)27(20(9,10)11)21(12,13)14/h15-18H,1-14H3. The summed E-state index contributed by atoms with van der Waals surface area (Å²) in [7, 11) is -1.33. The van der Waals surface area contributed by atoms with E-state index < -0.39 is 7.92 Å². The predicted molar refractivity (Wildman–Crippen MR) is 123 cm³/mol. The Morgan fingerprint density at radius 3 is 1.15 bits per heavy atom. The van der Waals surface area contributed by atoms with E-state index in [-0.39, 0.29) is 47.4 Å². The van der Waals surface area contributed by atoms with Crippen molar-refractivity contribution in [1.29, 1.82) is 0 Å². The molecular formula is C21H46BN2O2P. The lowest BCUT2D eigenvalue weighted by Crippen LogP contribution is -2.63. The lowest BCUT2D eigenvalue weighted by molar-refractivity contribution is 0.153. The maximum atomic E-state index is 13.5. The van der Waals surface area contributed by atoms with Gasteiger partial charge >= 0.3 is 12.9 Å². The maximum absolute atomic E-state index is 13.5. The van der Waals surface area contributed by atoms with Crippen LogP contribution in [0.25, 0.3) is 0 Å². The van der Waals surface area contributed by atoms with Crippen molar-refractivity contribution >= 4 is 20.8 Å². The number of nitrogens with zero attached hydrogens (tertiary/aromatic N) is 2. The van der Waals surface area contributed by atoms with Crippen LogP contribution in [0.15, 0.2) is 0 Å². The first-order chi connectivity index (χ1) is 11.9. The van der Waals surface area contributed by atoms with Gasteiger partial charge in [-0.3, -0.25) is 9.62 Å². The van der Waals surface area contributed by atoms with Crippen molar-refractivity contribution in [1.82, 2.24) is 9.62 Å². The van der Waals surface area contributed by atoms with Crippen molar-refractivity contribution in [3.63, 3.8) is 0 Å². The van der Waals surface area contributed by atoms with Crippen LogP contribution in [0.5, 0.6) is 0 Å². The second-order valence-electron chi connectivity index (χ2n) is 10.7. The molecule has 0 aliphatic rings. The van der Waals surface area contributed by atoms with Crippen molar-refractivity contribution in [2.75, 3.05) is 0 Å². The Hall–Kier alpha value is -0.115. The third kappa shape index (κ3) is 7.67. The van der Waals surface area contributed by atoms with Crippen LogP contribution in [0.3, 0.4) is 0 Å². The first-order valence-corrected chi connectivity index (χ1v) is 11.8. The van der Waals surface area contributed by atoms with Gasteiger partial charge in [0.15, 0.2) is 0 Å². The second-order valence-corrected chi connectivity index (χ2v) is 14.4. The smallest absolute Gasteiger partial charge is 0.503 e. The van der Waals surface area contributed by atoms with Crippen LogP contribution in [0.1, 0.15) is 96.9 Å². The Morgan fingerprint density at radius 1 is 0.704 bits per heavy atom. The van der Waals surface area contributed by atoms with E-state index in [2.05, 4.69) is 107 Å². The molecule has 0 radical (unpaired) electrons. The summed E-state index contributed by atoms with van der Waals surface area (Å²) in [5.41, 5.74) is -0.0346. The second kappa shape index (κ2) is 10.1. The molecule has 0 amide bonds. The van der Waals surface area contributed by atoms with Crippen LogP contribution in [0, 0.1) is 0 Å². The molecular weight excluding hydrogens is 354 g/mol. The maximum Gasteiger partial charge on any atom is 0.551 e. The minimum Gasteiger partial charge on any atom is -0.503 e. The summed E-state index contributed by atoms with van der Waals surface area (Å²) in [6, 6.07) is 1.10. The lowest BCUT2D eigenvalue weighted by Gasteiger charge is -2.45. The Kier molecular flexibility index (Phi) is 10.0. The van der Waals surface area contributed by atoms with Gasteiger partial charge in [0.2, 0.25) is 0 Å². The number of hydrogen-bond acceptors (Lipinski definition) is 4. The summed E-state index contributed by atoms with van der Waals surface area (Å²) in [5.74, 6) is 0. The predicted octanol–water partition coefficient (Wildman–Crippen LogP) is 6.42. The van der Waals surface area contributed by atoms with Crippen LogP contribution in [0.4, 0.5) is 4.79 Å². The fraction of sp³-hybridized carbons (Fsp3) is 0.952. The zero-order valence-electron chi connectivity index (χ0n) is 20.5. The third-order valence-electron chi connectivity index (χ3n) is 4.63. The molecule has 0 rings (SSSR count). The summed E-state index contributed by atoms with van der Waals surface area (Å²) in [6.45, 7) is 30.4. The number of carbonyl (C=O) groups is 1. The van der Waals surface area contributed by atoms with Gasteiger partial charge in [-0.15, -0.1) is 0 Å². The quantitative estimate of drug-likeness (QED) is 0.347. The fourth-order valence-electron chi connectivity index (χ4n) is 4.19. The number of hydrogen-bond donors (Lipinski definition) is 0. The highest BCUT2D eigenvalue weighted by Crippen LogP contribution is 2.60. The van der Waals surface area contributed by atoms with E-state index in [4.69, 9.17) is 4.65 Å². The Morgan fingerprint density at radius 2 is 0.963 bits per heavy atom. The van der Waals surface area contributed by atoms with Crippen LogP contribution < -0.4 is 0 Å². The van der Waals surface area contributed by atoms with E-state index in [0.29, 0.717) is 0 Å². The topological polar surface area (TPSA) is 32.8 Å². The molecule has 6 heteroatoms. The van der Waals surface area contributed by atoms with Gasteiger partial charge in [-0.2, -0.15) is 0 Å². The zero-order valence-corrected chi connectivity index (χ0v) is 21.4. The summed E-state index contributed by atoms with van der Waals surface area (Å²) in [4.78, 5) is 18.1. The van der Waals surface area contributed by atoms with Crippen molar-refractivity contribution in [3.05, 3.63) is 0 Å². The van der Waals surface area contributed by atoms with Gasteiger partial charge < -0.3 is 4.65 Å². The zero-order chi connectivity index (χ0) is 21.9. The molecule has 27 heavy (non-hydrogen) atoms. The molecule has 0 saturated carbocycles. The molecule has 0 aromatic carbocycles. The first kappa shape index (κ1) is 26.9. The Labute approximate surface area is 171 Å². The van der Waals surface area contributed by atoms with Gasteiger partial charge in [-0.1, -0.05) is 96.9 Å². The van der Waals surface area contributed by atoms with Crippen molar-refractivity contribution < 1.29 is 9.45 Å². The highest BCUT2D eigenvalue weighted by atomic mass is 31.1. The van der Waals surface area contributed by atoms with E-state index in [9.17, 15) is 4.79 Å². The van der Waals surface area contributed by atoms with Crippen molar-refractivity contribution in [3.8, 4) is 0 Å². The summed E-state index contributed by atoms with van der Waals surface area (Å²) in [6.07, 6.45) is 0. The molecule has 0 N–H and O–H groups in total. The monoisotopic (exact) mass is 400 g/mol. The molecule has 0 aromatic rings. The average Bonchev–Trinajstić information content (AvgIpc) is 2.31. The summed E-state index contributed by atoms with van der Waals surface area (Å²) >= 11 is 0. The SMILES string of the molecule is CC(C)N(B(OC(=O)P(C(C)(C)C)C(C)(C)C)N(C(C)C)C(C)C)C(C)C. The minimum atomic E-state index is -0.978. The summed E-state index contributed by atoms with van der Waals surface area (Å²) in [5, 5.41) is -0.202. The largest absolute Gasteiger partial charge is 0.551 e.